The summed E-state index contributed by atoms with van der Waals surface area (Å²) in [7, 11) is 1.73. The Labute approximate surface area is 115 Å². The molecule has 1 aliphatic carbocycles. The Morgan fingerprint density at radius 1 is 1.45 bits per heavy atom. The SMILES string of the molecule is CNc1nc(C=O)cc2cc(C3(C(N)=O)CC3)ncc12. The first-order valence-electron chi connectivity index (χ1n) is 6.35. The number of primary amides is 1. The van der Waals surface area contributed by atoms with Gasteiger partial charge < -0.3 is 11.1 Å². The molecule has 0 saturated heterocycles. The van der Waals surface area contributed by atoms with Gasteiger partial charge in [-0.3, -0.25) is 14.6 Å². The van der Waals surface area contributed by atoms with Crippen molar-refractivity contribution >= 4 is 28.8 Å². The van der Waals surface area contributed by atoms with E-state index in [9.17, 15) is 9.59 Å². The molecule has 102 valence electrons. The van der Waals surface area contributed by atoms with Crippen molar-refractivity contribution in [3.63, 3.8) is 0 Å². The Morgan fingerprint density at radius 2 is 2.20 bits per heavy atom. The van der Waals surface area contributed by atoms with Crippen LogP contribution in [0.1, 0.15) is 29.0 Å². The third kappa shape index (κ3) is 1.72. The lowest BCUT2D eigenvalue weighted by Gasteiger charge is -2.12. The lowest BCUT2D eigenvalue weighted by molar-refractivity contribution is -0.120. The van der Waals surface area contributed by atoms with E-state index in [1.165, 1.54) is 0 Å². The van der Waals surface area contributed by atoms with Gasteiger partial charge in [-0.1, -0.05) is 0 Å². The highest BCUT2D eigenvalue weighted by atomic mass is 16.1. The molecule has 1 aliphatic rings. The molecule has 0 aliphatic heterocycles. The van der Waals surface area contributed by atoms with Gasteiger partial charge in [-0.15, -0.1) is 0 Å². The third-order valence-corrected chi connectivity index (χ3v) is 3.80. The number of hydrogen-bond donors (Lipinski definition) is 2. The number of fused-ring (bicyclic) bond motifs is 1. The van der Waals surface area contributed by atoms with Crippen molar-refractivity contribution in [1.82, 2.24) is 9.97 Å². The van der Waals surface area contributed by atoms with Crippen molar-refractivity contribution in [1.29, 1.82) is 0 Å². The van der Waals surface area contributed by atoms with Crippen LogP contribution < -0.4 is 11.1 Å². The molecule has 2 aromatic rings. The number of carbonyl (C=O) groups excluding carboxylic acids is 2. The summed E-state index contributed by atoms with van der Waals surface area (Å²) in [5.41, 5.74) is 5.84. The van der Waals surface area contributed by atoms with Crippen molar-refractivity contribution in [2.75, 3.05) is 12.4 Å². The first-order chi connectivity index (χ1) is 9.60. The second-order valence-electron chi connectivity index (χ2n) is 5.00. The summed E-state index contributed by atoms with van der Waals surface area (Å²) in [6.45, 7) is 0. The molecule has 0 bridgehead atoms. The molecule has 1 amide bonds. The molecule has 3 N–H and O–H groups in total. The first kappa shape index (κ1) is 12.5. The number of anilines is 1. The maximum Gasteiger partial charge on any atom is 0.229 e. The van der Waals surface area contributed by atoms with E-state index in [1.807, 2.05) is 6.07 Å². The maximum absolute atomic E-state index is 11.6. The largest absolute Gasteiger partial charge is 0.373 e. The second kappa shape index (κ2) is 4.26. The highest BCUT2D eigenvalue weighted by molar-refractivity contribution is 5.96. The van der Waals surface area contributed by atoms with Crippen LogP contribution in [0.2, 0.25) is 0 Å². The highest BCUT2D eigenvalue weighted by Gasteiger charge is 2.51. The normalized spacial score (nSPS) is 15.8. The zero-order valence-corrected chi connectivity index (χ0v) is 11.0. The second-order valence-corrected chi connectivity index (χ2v) is 5.00. The molecule has 0 spiro atoms. The molecular weight excluding hydrogens is 256 g/mol. The predicted molar refractivity (Wildman–Crippen MR) is 74.6 cm³/mol. The Balaban J connectivity index is 2.20. The summed E-state index contributed by atoms with van der Waals surface area (Å²) >= 11 is 0. The van der Waals surface area contributed by atoms with Gasteiger partial charge in [0, 0.05) is 18.6 Å². The number of aromatic nitrogens is 2. The molecule has 2 aromatic heterocycles. The van der Waals surface area contributed by atoms with Gasteiger partial charge in [0.25, 0.3) is 0 Å². The molecule has 6 heteroatoms. The fourth-order valence-electron chi connectivity index (χ4n) is 2.44. The number of nitrogens with two attached hydrogens (primary N) is 1. The fourth-order valence-corrected chi connectivity index (χ4v) is 2.44. The van der Waals surface area contributed by atoms with Crippen molar-refractivity contribution in [3.05, 3.63) is 29.7 Å². The summed E-state index contributed by atoms with van der Waals surface area (Å²) in [6.07, 6.45) is 3.82. The van der Waals surface area contributed by atoms with E-state index in [-0.39, 0.29) is 5.91 Å². The number of rotatable bonds is 4. The Kier molecular flexibility index (Phi) is 2.67. The fraction of sp³-hybridized carbons (Fsp3) is 0.286. The molecule has 3 rings (SSSR count). The van der Waals surface area contributed by atoms with Crippen molar-refractivity contribution < 1.29 is 9.59 Å². The van der Waals surface area contributed by atoms with E-state index in [0.29, 0.717) is 23.5 Å². The van der Waals surface area contributed by atoms with Crippen LogP contribution in [0.15, 0.2) is 18.3 Å². The van der Waals surface area contributed by atoms with Crippen LogP contribution in [0.25, 0.3) is 10.8 Å². The molecule has 0 radical (unpaired) electrons. The minimum Gasteiger partial charge on any atom is -0.373 e. The Hall–Kier alpha value is -2.50. The van der Waals surface area contributed by atoms with E-state index < -0.39 is 5.41 Å². The number of pyridine rings is 2. The number of nitrogens with one attached hydrogen (secondary N) is 1. The molecule has 1 fully saturated rings. The van der Waals surface area contributed by atoms with Gasteiger partial charge in [0.05, 0.1) is 11.1 Å². The van der Waals surface area contributed by atoms with Crippen LogP contribution in [0, 0.1) is 0 Å². The van der Waals surface area contributed by atoms with Crippen molar-refractivity contribution in [3.8, 4) is 0 Å². The van der Waals surface area contributed by atoms with Crippen LogP contribution in [-0.4, -0.2) is 29.2 Å². The quantitative estimate of drug-likeness (QED) is 0.808. The standard InChI is InChI=1S/C14H14N4O2/c1-16-12-10-6-17-11(14(2-3-14)13(15)20)5-8(10)4-9(7-19)18-12/h4-7H,2-3H2,1H3,(H2,15,20)(H,16,18). The number of hydrogen-bond acceptors (Lipinski definition) is 5. The van der Waals surface area contributed by atoms with E-state index in [0.717, 1.165) is 23.6 Å². The summed E-state index contributed by atoms with van der Waals surface area (Å²) in [5, 5.41) is 4.57. The minimum absolute atomic E-state index is 0.336. The van der Waals surface area contributed by atoms with Gasteiger partial charge in [-0.2, -0.15) is 0 Å². The minimum atomic E-state index is -0.626. The van der Waals surface area contributed by atoms with Crippen LogP contribution >= 0.6 is 0 Å². The van der Waals surface area contributed by atoms with Crippen molar-refractivity contribution in [2.24, 2.45) is 5.73 Å². The molecule has 20 heavy (non-hydrogen) atoms. The van der Waals surface area contributed by atoms with E-state index in [1.54, 1.807) is 19.3 Å². The monoisotopic (exact) mass is 270 g/mol. The van der Waals surface area contributed by atoms with Crippen LogP contribution in [-0.2, 0) is 10.2 Å². The Bertz CT molecular complexity index is 722. The van der Waals surface area contributed by atoms with Gasteiger partial charge in [0.15, 0.2) is 6.29 Å². The topological polar surface area (TPSA) is 98.0 Å². The molecule has 0 aromatic carbocycles. The number of nitrogens with zero attached hydrogens (tertiary/aromatic N) is 2. The first-order valence-corrected chi connectivity index (χ1v) is 6.35. The van der Waals surface area contributed by atoms with E-state index in [4.69, 9.17) is 5.73 Å². The number of amides is 1. The average Bonchev–Trinajstić information content (AvgIpc) is 3.27. The zero-order valence-electron chi connectivity index (χ0n) is 11.0. The summed E-state index contributed by atoms with van der Waals surface area (Å²) in [6, 6.07) is 3.51. The summed E-state index contributed by atoms with van der Waals surface area (Å²) in [5.74, 6) is 0.246. The van der Waals surface area contributed by atoms with Crippen LogP contribution in [0.3, 0.4) is 0 Å². The average molecular weight is 270 g/mol. The van der Waals surface area contributed by atoms with Gasteiger partial charge >= 0.3 is 0 Å². The lowest BCUT2D eigenvalue weighted by Crippen LogP contribution is -2.29. The Morgan fingerprint density at radius 3 is 2.75 bits per heavy atom. The van der Waals surface area contributed by atoms with Crippen LogP contribution in [0.5, 0.6) is 0 Å². The summed E-state index contributed by atoms with van der Waals surface area (Å²) in [4.78, 5) is 31.0. The summed E-state index contributed by atoms with van der Waals surface area (Å²) < 4.78 is 0. The van der Waals surface area contributed by atoms with Gasteiger partial charge in [-0.25, -0.2) is 4.98 Å². The molecule has 6 nitrogen and oxygen atoms in total. The maximum atomic E-state index is 11.6. The number of carbonyl (C=O) groups is 2. The molecule has 2 heterocycles. The molecule has 0 unspecified atom stereocenters. The van der Waals surface area contributed by atoms with Gasteiger partial charge in [-0.05, 0) is 30.4 Å². The van der Waals surface area contributed by atoms with Crippen molar-refractivity contribution in [2.45, 2.75) is 18.3 Å². The zero-order chi connectivity index (χ0) is 14.3. The van der Waals surface area contributed by atoms with Gasteiger partial charge in [0.1, 0.15) is 11.5 Å². The molecular formula is C14H14N4O2. The van der Waals surface area contributed by atoms with E-state index in [2.05, 4.69) is 15.3 Å². The van der Waals surface area contributed by atoms with Crippen LogP contribution in [0.4, 0.5) is 5.82 Å². The highest BCUT2D eigenvalue weighted by Crippen LogP contribution is 2.47. The number of aldehydes is 1. The lowest BCUT2D eigenvalue weighted by atomic mass is 9.99. The molecule has 0 atom stereocenters. The molecule has 1 saturated carbocycles. The smallest absolute Gasteiger partial charge is 0.229 e. The third-order valence-electron chi connectivity index (χ3n) is 3.80. The van der Waals surface area contributed by atoms with Gasteiger partial charge in [0.2, 0.25) is 5.91 Å². The predicted octanol–water partition coefficient (Wildman–Crippen LogP) is 1.00. The van der Waals surface area contributed by atoms with E-state index >= 15 is 0 Å².